The molecule has 0 saturated carbocycles. The van der Waals surface area contributed by atoms with Crippen LogP contribution in [-0.2, 0) is 4.79 Å². The smallest absolute Gasteiger partial charge is 0.223 e. The molecule has 0 spiro atoms. The summed E-state index contributed by atoms with van der Waals surface area (Å²) in [6.45, 7) is 1.71. The Labute approximate surface area is 109 Å². The molecule has 1 fully saturated rings. The van der Waals surface area contributed by atoms with Gasteiger partial charge in [0.2, 0.25) is 5.91 Å². The van der Waals surface area contributed by atoms with E-state index in [0.717, 1.165) is 32.0 Å². The van der Waals surface area contributed by atoms with Gasteiger partial charge in [-0.1, -0.05) is 0 Å². The number of carbonyl (C=O) groups excluding carboxylic acids is 1. The molecule has 1 aliphatic heterocycles. The van der Waals surface area contributed by atoms with Crippen LogP contribution in [0.1, 0.15) is 19.3 Å². The summed E-state index contributed by atoms with van der Waals surface area (Å²) in [6, 6.07) is 3.81. The Morgan fingerprint density at radius 2 is 1.94 bits per heavy atom. The third kappa shape index (κ3) is 3.45. The van der Waals surface area contributed by atoms with Crippen molar-refractivity contribution in [3.63, 3.8) is 0 Å². The minimum absolute atomic E-state index is 0.155. The van der Waals surface area contributed by atoms with Gasteiger partial charge in [0.25, 0.3) is 0 Å². The van der Waals surface area contributed by atoms with Gasteiger partial charge in [0, 0.05) is 30.2 Å². The molecule has 0 aliphatic carbocycles. The molecule has 0 radical (unpaired) electrons. The van der Waals surface area contributed by atoms with Gasteiger partial charge in [-0.2, -0.15) is 0 Å². The Balaban J connectivity index is 1.77. The van der Waals surface area contributed by atoms with Crippen LogP contribution >= 0.6 is 11.8 Å². The van der Waals surface area contributed by atoms with Gasteiger partial charge in [-0.15, -0.1) is 11.8 Å². The molecule has 2 nitrogen and oxygen atoms in total. The van der Waals surface area contributed by atoms with Crippen molar-refractivity contribution in [1.29, 1.82) is 0 Å². The Bertz CT molecular complexity index is 433. The summed E-state index contributed by atoms with van der Waals surface area (Å²) < 4.78 is 25.7. The summed E-state index contributed by atoms with van der Waals surface area (Å²) in [6.07, 6.45) is 2.62. The standard InChI is InChI=1S/C13H15F2NOS/c14-11-4-3-10(9-12(11)15)18-8-5-13(17)16-6-1-2-7-16/h3-4,9H,1-2,5-8H2. The minimum Gasteiger partial charge on any atom is -0.343 e. The van der Waals surface area contributed by atoms with Crippen LogP contribution in [0.25, 0.3) is 0 Å². The van der Waals surface area contributed by atoms with Crippen molar-refractivity contribution in [2.24, 2.45) is 0 Å². The summed E-state index contributed by atoms with van der Waals surface area (Å²) in [5.41, 5.74) is 0. The molecule has 1 aliphatic rings. The van der Waals surface area contributed by atoms with E-state index in [2.05, 4.69) is 0 Å². The second kappa shape index (κ2) is 6.18. The molecule has 2 rings (SSSR count). The van der Waals surface area contributed by atoms with Crippen molar-refractivity contribution in [2.75, 3.05) is 18.8 Å². The van der Waals surface area contributed by atoms with Crippen LogP contribution in [0.3, 0.4) is 0 Å². The van der Waals surface area contributed by atoms with Crippen LogP contribution in [-0.4, -0.2) is 29.6 Å². The Kier molecular flexibility index (Phi) is 4.58. The predicted octanol–water partition coefficient (Wildman–Crippen LogP) is 3.07. The molecule has 1 amide bonds. The lowest BCUT2D eigenvalue weighted by molar-refractivity contribution is -0.129. The molecule has 1 aromatic rings. The zero-order valence-electron chi connectivity index (χ0n) is 9.99. The molecule has 18 heavy (non-hydrogen) atoms. The van der Waals surface area contributed by atoms with Gasteiger partial charge < -0.3 is 4.90 Å². The van der Waals surface area contributed by atoms with E-state index in [4.69, 9.17) is 0 Å². The summed E-state index contributed by atoms with van der Waals surface area (Å²) in [5, 5.41) is 0. The van der Waals surface area contributed by atoms with Crippen LogP contribution in [0.2, 0.25) is 0 Å². The lowest BCUT2D eigenvalue weighted by Gasteiger charge is -2.14. The second-order valence-corrected chi connectivity index (χ2v) is 5.43. The lowest BCUT2D eigenvalue weighted by atomic mass is 10.3. The maximum Gasteiger partial charge on any atom is 0.223 e. The third-order valence-electron chi connectivity index (χ3n) is 2.93. The highest BCUT2D eigenvalue weighted by Gasteiger charge is 2.17. The summed E-state index contributed by atoms with van der Waals surface area (Å²) in [4.78, 5) is 14.3. The normalized spacial score (nSPS) is 15.1. The van der Waals surface area contributed by atoms with Gasteiger partial charge >= 0.3 is 0 Å². The van der Waals surface area contributed by atoms with Gasteiger partial charge in [-0.25, -0.2) is 8.78 Å². The van der Waals surface area contributed by atoms with Crippen LogP contribution < -0.4 is 0 Å². The number of nitrogens with zero attached hydrogens (tertiary/aromatic N) is 1. The molecule has 98 valence electrons. The van der Waals surface area contributed by atoms with E-state index < -0.39 is 11.6 Å². The van der Waals surface area contributed by atoms with Crippen molar-refractivity contribution in [1.82, 2.24) is 4.90 Å². The van der Waals surface area contributed by atoms with Gasteiger partial charge in [0.1, 0.15) is 0 Å². The number of hydrogen-bond donors (Lipinski definition) is 0. The Morgan fingerprint density at radius 1 is 1.22 bits per heavy atom. The first kappa shape index (κ1) is 13.3. The second-order valence-electron chi connectivity index (χ2n) is 4.26. The number of hydrogen-bond acceptors (Lipinski definition) is 2. The lowest BCUT2D eigenvalue weighted by Crippen LogP contribution is -2.27. The highest BCUT2D eigenvalue weighted by atomic mass is 32.2. The predicted molar refractivity (Wildman–Crippen MR) is 67.5 cm³/mol. The number of likely N-dealkylation sites (tertiary alicyclic amines) is 1. The van der Waals surface area contributed by atoms with Crippen molar-refractivity contribution in [3.05, 3.63) is 29.8 Å². The van der Waals surface area contributed by atoms with E-state index in [-0.39, 0.29) is 5.91 Å². The maximum atomic E-state index is 12.9. The number of rotatable bonds is 4. The van der Waals surface area contributed by atoms with Crippen molar-refractivity contribution in [2.45, 2.75) is 24.2 Å². The quantitative estimate of drug-likeness (QED) is 0.784. The van der Waals surface area contributed by atoms with Crippen LogP contribution in [0.5, 0.6) is 0 Å². The van der Waals surface area contributed by atoms with E-state index in [0.29, 0.717) is 17.1 Å². The Morgan fingerprint density at radius 3 is 2.61 bits per heavy atom. The van der Waals surface area contributed by atoms with E-state index in [1.807, 2.05) is 4.90 Å². The largest absolute Gasteiger partial charge is 0.343 e. The van der Waals surface area contributed by atoms with Crippen LogP contribution in [0.15, 0.2) is 23.1 Å². The van der Waals surface area contributed by atoms with E-state index >= 15 is 0 Å². The minimum atomic E-state index is -0.842. The SMILES string of the molecule is O=C(CCSc1ccc(F)c(F)c1)N1CCCC1. The molecule has 0 unspecified atom stereocenters. The first-order valence-corrected chi connectivity index (χ1v) is 7.01. The highest BCUT2D eigenvalue weighted by Crippen LogP contribution is 2.21. The van der Waals surface area contributed by atoms with Gasteiger partial charge in [-0.3, -0.25) is 4.79 Å². The number of benzene rings is 1. The first-order chi connectivity index (χ1) is 8.66. The van der Waals surface area contributed by atoms with E-state index in [9.17, 15) is 13.6 Å². The van der Waals surface area contributed by atoms with Crippen molar-refractivity contribution in [3.8, 4) is 0 Å². The molecule has 0 N–H and O–H groups in total. The first-order valence-electron chi connectivity index (χ1n) is 6.02. The molecular weight excluding hydrogens is 256 g/mol. The maximum absolute atomic E-state index is 12.9. The number of halogens is 2. The number of thioether (sulfide) groups is 1. The van der Waals surface area contributed by atoms with Crippen LogP contribution in [0, 0.1) is 11.6 Å². The fourth-order valence-corrected chi connectivity index (χ4v) is 2.81. The molecule has 0 atom stereocenters. The van der Waals surface area contributed by atoms with Gasteiger partial charge in [0.05, 0.1) is 0 Å². The molecular formula is C13H15F2NOS. The van der Waals surface area contributed by atoms with E-state index in [1.54, 1.807) is 0 Å². The monoisotopic (exact) mass is 271 g/mol. The van der Waals surface area contributed by atoms with Crippen molar-refractivity contribution < 1.29 is 13.6 Å². The molecule has 0 aromatic heterocycles. The summed E-state index contributed by atoms with van der Waals surface area (Å²) in [7, 11) is 0. The fraction of sp³-hybridized carbons (Fsp3) is 0.462. The zero-order chi connectivity index (χ0) is 13.0. The average molecular weight is 271 g/mol. The molecule has 0 bridgehead atoms. The average Bonchev–Trinajstić information content (AvgIpc) is 2.87. The van der Waals surface area contributed by atoms with Crippen molar-refractivity contribution >= 4 is 17.7 Å². The molecule has 1 heterocycles. The highest BCUT2D eigenvalue weighted by molar-refractivity contribution is 7.99. The molecule has 1 aromatic carbocycles. The molecule has 1 saturated heterocycles. The number of carbonyl (C=O) groups is 1. The summed E-state index contributed by atoms with van der Waals surface area (Å²) >= 11 is 1.38. The van der Waals surface area contributed by atoms with Crippen LogP contribution in [0.4, 0.5) is 8.78 Å². The fourth-order valence-electron chi connectivity index (χ4n) is 1.95. The topological polar surface area (TPSA) is 20.3 Å². The zero-order valence-corrected chi connectivity index (χ0v) is 10.8. The number of amides is 1. The summed E-state index contributed by atoms with van der Waals surface area (Å²) in [5.74, 6) is -0.929. The van der Waals surface area contributed by atoms with Gasteiger partial charge in [-0.05, 0) is 31.0 Å². The Hall–Kier alpha value is -1.10. The third-order valence-corrected chi connectivity index (χ3v) is 3.93. The van der Waals surface area contributed by atoms with Gasteiger partial charge in [0.15, 0.2) is 11.6 Å². The molecule has 5 heteroatoms. The van der Waals surface area contributed by atoms with E-state index in [1.165, 1.54) is 23.9 Å².